The summed E-state index contributed by atoms with van der Waals surface area (Å²) in [5.41, 5.74) is 0.729. The Bertz CT molecular complexity index is 552. The number of rotatable bonds is 1. The van der Waals surface area contributed by atoms with Gasteiger partial charge >= 0.3 is 0 Å². The number of amides is 2. The first-order chi connectivity index (χ1) is 8.24. The van der Waals surface area contributed by atoms with Crippen LogP contribution in [-0.2, 0) is 4.79 Å². The molecule has 0 bridgehead atoms. The zero-order valence-electron chi connectivity index (χ0n) is 8.56. The minimum Gasteiger partial charge on any atom is -0.454 e. The molecule has 0 unspecified atom stereocenters. The highest BCUT2D eigenvalue weighted by atomic mass is 32.2. The molecule has 0 aromatic heterocycles. The summed E-state index contributed by atoms with van der Waals surface area (Å²) in [6, 6.07) is 5.40. The fraction of sp³-hybridized carbons (Fsp3) is 0.0909. The molecule has 17 heavy (non-hydrogen) atoms. The molecular formula is C11H7NO4S. The number of thioether (sulfide) groups is 1. The van der Waals surface area contributed by atoms with Gasteiger partial charge in [-0.25, -0.2) is 0 Å². The number of nitrogens with one attached hydrogen (secondary N) is 1. The highest BCUT2D eigenvalue weighted by Crippen LogP contribution is 2.37. The van der Waals surface area contributed by atoms with Gasteiger partial charge in [-0.15, -0.1) is 0 Å². The second-order valence-electron chi connectivity index (χ2n) is 3.43. The Morgan fingerprint density at radius 1 is 1.29 bits per heavy atom. The monoisotopic (exact) mass is 249 g/mol. The van der Waals surface area contributed by atoms with E-state index in [9.17, 15) is 9.59 Å². The third-order valence-electron chi connectivity index (χ3n) is 2.36. The molecule has 0 saturated carbocycles. The number of imide groups is 1. The zero-order valence-corrected chi connectivity index (χ0v) is 9.37. The van der Waals surface area contributed by atoms with Crippen LogP contribution in [0.15, 0.2) is 23.1 Å². The van der Waals surface area contributed by atoms with E-state index in [1.165, 1.54) is 0 Å². The summed E-state index contributed by atoms with van der Waals surface area (Å²) < 4.78 is 10.5. The van der Waals surface area contributed by atoms with E-state index < -0.39 is 0 Å². The van der Waals surface area contributed by atoms with E-state index in [4.69, 9.17) is 9.47 Å². The molecule has 5 nitrogen and oxygen atoms in total. The molecule has 6 heteroatoms. The molecule has 1 N–H and O–H groups in total. The molecule has 86 valence electrons. The maximum atomic E-state index is 11.4. The molecule has 0 aliphatic carbocycles. The molecule has 2 aliphatic heterocycles. The summed E-state index contributed by atoms with van der Waals surface area (Å²) in [5.74, 6) is 0.873. The molecule has 1 aromatic carbocycles. The summed E-state index contributed by atoms with van der Waals surface area (Å²) in [6.45, 7) is 0.174. The lowest BCUT2D eigenvalue weighted by atomic mass is 10.1. The predicted molar refractivity (Wildman–Crippen MR) is 61.7 cm³/mol. The van der Waals surface area contributed by atoms with E-state index >= 15 is 0 Å². The smallest absolute Gasteiger partial charge is 0.290 e. The molecule has 2 aliphatic rings. The fourth-order valence-corrected chi connectivity index (χ4v) is 2.30. The van der Waals surface area contributed by atoms with Crippen LogP contribution < -0.4 is 14.8 Å². The lowest BCUT2D eigenvalue weighted by molar-refractivity contribution is -0.115. The van der Waals surface area contributed by atoms with Crippen LogP contribution in [-0.4, -0.2) is 17.9 Å². The first kappa shape index (κ1) is 10.2. The SMILES string of the molecule is O=C1NC(=O)C(=Cc2cccc3c2OCO3)S1. The van der Waals surface area contributed by atoms with Gasteiger partial charge in [0.1, 0.15) is 0 Å². The second kappa shape index (κ2) is 3.81. The summed E-state index contributed by atoms with van der Waals surface area (Å²) in [7, 11) is 0. The second-order valence-corrected chi connectivity index (χ2v) is 4.45. The minimum absolute atomic E-state index is 0.174. The van der Waals surface area contributed by atoms with Gasteiger partial charge < -0.3 is 9.47 Å². The molecule has 1 aromatic rings. The topological polar surface area (TPSA) is 64.6 Å². The van der Waals surface area contributed by atoms with Crippen molar-refractivity contribution < 1.29 is 19.1 Å². The third kappa shape index (κ3) is 1.76. The van der Waals surface area contributed by atoms with Crippen LogP contribution in [0.5, 0.6) is 11.5 Å². The van der Waals surface area contributed by atoms with Gasteiger partial charge in [0, 0.05) is 5.56 Å². The van der Waals surface area contributed by atoms with Crippen molar-refractivity contribution in [1.82, 2.24) is 5.32 Å². The number of para-hydroxylation sites is 1. The van der Waals surface area contributed by atoms with Crippen molar-refractivity contribution in [3.63, 3.8) is 0 Å². The predicted octanol–water partition coefficient (Wildman–Crippen LogP) is 1.74. The van der Waals surface area contributed by atoms with Gasteiger partial charge in [0.15, 0.2) is 11.5 Å². The number of hydrogen-bond donors (Lipinski definition) is 1. The Morgan fingerprint density at radius 2 is 2.18 bits per heavy atom. The molecule has 0 radical (unpaired) electrons. The normalized spacial score (nSPS) is 19.9. The maximum absolute atomic E-state index is 11.4. The number of benzene rings is 1. The third-order valence-corrected chi connectivity index (χ3v) is 3.17. The molecule has 1 saturated heterocycles. The average Bonchev–Trinajstić information content (AvgIpc) is 2.87. The van der Waals surface area contributed by atoms with Crippen LogP contribution in [0.3, 0.4) is 0 Å². The van der Waals surface area contributed by atoms with Crippen LogP contribution in [0, 0.1) is 0 Å². The van der Waals surface area contributed by atoms with Crippen molar-refractivity contribution in [3.05, 3.63) is 28.7 Å². The zero-order chi connectivity index (χ0) is 11.8. The lowest BCUT2D eigenvalue weighted by Gasteiger charge is -2.00. The summed E-state index contributed by atoms with van der Waals surface area (Å²) in [5, 5.41) is 1.84. The van der Waals surface area contributed by atoms with Gasteiger partial charge in [0.05, 0.1) is 4.91 Å². The molecule has 0 spiro atoms. The van der Waals surface area contributed by atoms with Crippen LogP contribution >= 0.6 is 11.8 Å². The van der Waals surface area contributed by atoms with Gasteiger partial charge in [0.2, 0.25) is 6.79 Å². The van der Waals surface area contributed by atoms with Crippen molar-refractivity contribution in [2.45, 2.75) is 0 Å². The first-order valence-corrected chi connectivity index (χ1v) is 5.69. The standard InChI is InChI=1S/C11H7NO4S/c13-10-8(17-11(14)12-10)4-6-2-1-3-7-9(6)16-5-15-7/h1-4H,5H2,(H,12,13,14). The Kier molecular flexibility index (Phi) is 2.29. The number of fused-ring (bicyclic) bond motifs is 1. The number of ether oxygens (including phenoxy) is 2. The quantitative estimate of drug-likeness (QED) is 0.768. The van der Waals surface area contributed by atoms with Gasteiger partial charge in [-0.1, -0.05) is 12.1 Å². The summed E-state index contributed by atoms with van der Waals surface area (Å²) >= 11 is 0.879. The maximum Gasteiger partial charge on any atom is 0.290 e. The highest BCUT2D eigenvalue weighted by molar-refractivity contribution is 8.18. The Balaban J connectivity index is 2.01. The average molecular weight is 249 g/mol. The van der Waals surface area contributed by atoms with Crippen molar-refractivity contribution in [2.75, 3.05) is 6.79 Å². The molecule has 0 atom stereocenters. The Labute approximate surface area is 101 Å². The molecule has 3 rings (SSSR count). The Morgan fingerprint density at radius 3 is 2.94 bits per heavy atom. The van der Waals surface area contributed by atoms with Crippen LogP contribution in [0.25, 0.3) is 6.08 Å². The highest BCUT2D eigenvalue weighted by Gasteiger charge is 2.26. The van der Waals surface area contributed by atoms with Gasteiger partial charge in [-0.2, -0.15) is 0 Å². The fourth-order valence-electron chi connectivity index (χ4n) is 1.63. The van der Waals surface area contributed by atoms with Crippen molar-refractivity contribution >= 4 is 29.0 Å². The number of carbonyl (C=O) groups is 2. The van der Waals surface area contributed by atoms with E-state index in [-0.39, 0.29) is 17.9 Å². The Hall–Kier alpha value is -1.95. The van der Waals surface area contributed by atoms with E-state index in [0.717, 1.165) is 17.3 Å². The van der Waals surface area contributed by atoms with Crippen molar-refractivity contribution in [1.29, 1.82) is 0 Å². The largest absolute Gasteiger partial charge is 0.454 e. The van der Waals surface area contributed by atoms with Gasteiger partial charge in [-0.05, 0) is 23.9 Å². The lowest BCUT2D eigenvalue weighted by Crippen LogP contribution is -2.17. The van der Waals surface area contributed by atoms with E-state index in [2.05, 4.69) is 5.32 Å². The van der Waals surface area contributed by atoms with Crippen LogP contribution in [0.1, 0.15) is 5.56 Å². The summed E-state index contributed by atoms with van der Waals surface area (Å²) in [6.07, 6.45) is 1.62. The van der Waals surface area contributed by atoms with Gasteiger partial charge in [-0.3, -0.25) is 14.9 Å². The minimum atomic E-state index is -0.378. The van der Waals surface area contributed by atoms with Crippen molar-refractivity contribution in [3.8, 4) is 11.5 Å². The molecular weight excluding hydrogens is 242 g/mol. The van der Waals surface area contributed by atoms with E-state index in [1.807, 2.05) is 0 Å². The molecule has 2 amide bonds. The van der Waals surface area contributed by atoms with E-state index in [0.29, 0.717) is 16.4 Å². The number of hydrogen-bond acceptors (Lipinski definition) is 5. The summed E-state index contributed by atoms with van der Waals surface area (Å²) in [4.78, 5) is 22.8. The van der Waals surface area contributed by atoms with Crippen LogP contribution in [0.4, 0.5) is 4.79 Å². The van der Waals surface area contributed by atoms with Crippen LogP contribution in [0.2, 0.25) is 0 Å². The van der Waals surface area contributed by atoms with Gasteiger partial charge in [0.25, 0.3) is 11.1 Å². The first-order valence-electron chi connectivity index (χ1n) is 4.87. The molecule has 2 heterocycles. The number of carbonyl (C=O) groups excluding carboxylic acids is 2. The van der Waals surface area contributed by atoms with E-state index in [1.54, 1.807) is 24.3 Å². The molecule has 1 fully saturated rings. The van der Waals surface area contributed by atoms with Crippen molar-refractivity contribution in [2.24, 2.45) is 0 Å².